The van der Waals surface area contributed by atoms with Crippen LogP contribution in [-0.4, -0.2) is 40.4 Å². The zero-order valence-electron chi connectivity index (χ0n) is 16.1. The van der Waals surface area contributed by atoms with Gasteiger partial charge >= 0.3 is 0 Å². The van der Waals surface area contributed by atoms with E-state index in [0.29, 0.717) is 5.11 Å². The SMILES string of the molecule is CN(C)c1ccc(C2SC3C(=NC(=S)NC3c3ccccc3)N2NC(N)=S)cc1. The number of thiocarbonyl (C=S) groups is 2. The van der Waals surface area contributed by atoms with Crippen molar-refractivity contribution >= 4 is 57.9 Å². The first-order chi connectivity index (χ1) is 13.9. The molecule has 150 valence electrons. The molecule has 0 aliphatic carbocycles. The van der Waals surface area contributed by atoms with Crippen LogP contribution in [0.2, 0.25) is 0 Å². The van der Waals surface area contributed by atoms with Gasteiger partial charge in [0, 0.05) is 19.8 Å². The minimum absolute atomic E-state index is 0.0166. The number of nitrogens with zero attached hydrogens (tertiary/aromatic N) is 3. The molecule has 1 fully saturated rings. The number of hydrazine groups is 1. The second kappa shape index (κ2) is 8.17. The predicted molar refractivity (Wildman–Crippen MR) is 129 cm³/mol. The molecule has 0 spiro atoms. The molecule has 29 heavy (non-hydrogen) atoms. The van der Waals surface area contributed by atoms with Crippen LogP contribution in [0.4, 0.5) is 5.69 Å². The smallest absolute Gasteiger partial charge is 0.195 e. The number of hydrogen-bond acceptors (Lipinski definition) is 5. The highest BCUT2D eigenvalue weighted by Gasteiger charge is 2.46. The number of amidine groups is 1. The van der Waals surface area contributed by atoms with E-state index in [4.69, 9.17) is 30.2 Å². The van der Waals surface area contributed by atoms with Crippen LogP contribution in [0.15, 0.2) is 59.6 Å². The van der Waals surface area contributed by atoms with Crippen LogP contribution in [0.25, 0.3) is 0 Å². The van der Waals surface area contributed by atoms with Crippen molar-refractivity contribution < 1.29 is 0 Å². The van der Waals surface area contributed by atoms with Gasteiger partial charge in [-0.25, -0.2) is 4.99 Å². The van der Waals surface area contributed by atoms with Gasteiger partial charge in [-0.1, -0.05) is 42.5 Å². The van der Waals surface area contributed by atoms with Crippen molar-refractivity contribution in [2.75, 3.05) is 19.0 Å². The monoisotopic (exact) mass is 442 g/mol. The number of benzene rings is 2. The van der Waals surface area contributed by atoms with Gasteiger partial charge in [-0.05, 0) is 47.7 Å². The third kappa shape index (κ3) is 4.03. The molecule has 4 N–H and O–H groups in total. The van der Waals surface area contributed by atoms with Gasteiger partial charge in [0.2, 0.25) is 0 Å². The van der Waals surface area contributed by atoms with E-state index < -0.39 is 0 Å². The average Bonchev–Trinajstić information content (AvgIpc) is 3.05. The lowest BCUT2D eigenvalue weighted by molar-refractivity contribution is 0.363. The Hall–Kier alpha value is -2.36. The second-order valence-corrected chi connectivity index (χ2v) is 9.10. The summed E-state index contributed by atoms with van der Waals surface area (Å²) < 4.78 is 0. The molecule has 2 heterocycles. The van der Waals surface area contributed by atoms with Crippen molar-refractivity contribution in [1.29, 1.82) is 0 Å². The number of nitrogens with two attached hydrogens (primary N) is 1. The summed E-state index contributed by atoms with van der Waals surface area (Å²) >= 11 is 12.4. The third-order valence-electron chi connectivity index (χ3n) is 4.89. The molecule has 6 nitrogen and oxygen atoms in total. The number of hydrogen-bond donors (Lipinski definition) is 3. The van der Waals surface area contributed by atoms with E-state index in [0.717, 1.165) is 17.1 Å². The molecule has 0 saturated carbocycles. The fraction of sp³-hybridized carbons (Fsp3) is 0.250. The summed E-state index contributed by atoms with van der Waals surface area (Å²) in [6, 6.07) is 18.8. The number of thioether (sulfide) groups is 1. The van der Waals surface area contributed by atoms with E-state index in [1.54, 1.807) is 11.8 Å². The standard InChI is InChI=1S/C20H22N6S3/c1-25(2)14-10-8-13(9-11-14)18-26(24-19(21)27)17-16(29-18)15(22-20(28)23-17)12-6-4-3-5-7-12/h3-11,15-16,18H,1-2H3,(H,22,28)(H3,21,24,27). The highest BCUT2D eigenvalue weighted by molar-refractivity contribution is 8.01. The van der Waals surface area contributed by atoms with Gasteiger partial charge in [-0.2, -0.15) is 0 Å². The van der Waals surface area contributed by atoms with Gasteiger partial charge < -0.3 is 16.0 Å². The molecule has 2 aromatic rings. The van der Waals surface area contributed by atoms with E-state index in [1.807, 2.05) is 37.3 Å². The number of aliphatic imine (C=N–C) groups is 1. The minimum Gasteiger partial charge on any atom is -0.378 e. The van der Waals surface area contributed by atoms with Crippen molar-refractivity contribution in [2.24, 2.45) is 10.7 Å². The minimum atomic E-state index is -0.0367. The van der Waals surface area contributed by atoms with Crippen molar-refractivity contribution in [2.45, 2.75) is 16.7 Å². The topological polar surface area (TPSA) is 68.9 Å². The Bertz CT molecular complexity index is 944. The zero-order chi connectivity index (χ0) is 20.5. The lowest BCUT2D eigenvalue weighted by Gasteiger charge is -2.31. The molecule has 0 bridgehead atoms. The highest BCUT2D eigenvalue weighted by Crippen LogP contribution is 2.48. The Balaban J connectivity index is 1.72. The molecular weight excluding hydrogens is 420 g/mol. The first-order valence-electron chi connectivity index (χ1n) is 9.16. The maximum Gasteiger partial charge on any atom is 0.195 e. The fourth-order valence-electron chi connectivity index (χ4n) is 3.53. The molecule has 4 rings (SSSR count). The molecule has 0 aromatic heterocycles. The molecule has 1 saturated heterocycles. The maximum absolute atomic E-state index is 5.84. The molecule has 2 aromatic carbocycles. The van der Waals surface area contributed by atoms with Crippen molar-refractivity contribution in [3.05, 3.63) is 65.7 Å². The molecule has 2 aliphatic rings. The largest absolute Gasteiger partial charge is 0.378 e. The van der Waals surface area contributed by atoms with Gasteiger partial charge in [0.25, 0.3) is 0 Å². The van der Waals surface area contributed by atoms with Crippen molar-refractivity contribution in [1.82, 2.24) is 15.8 Å². The molecular formula is C20H22N6S3. The Labute approximate surface area is 185 Å². The summed E-state index contributed by atoms with van der Waals surface area (Å²) in [5.41, 5.74) is 12.4. The third-order valence-corrected chi connectivity index (χ3v) is 6.71. The van der Waals surface area contributed by atoms with Gasteiger partial charge in [-0.3, -0.25) is 10.4 Å². The average molecular weight is 443 g/mol. The van der Waals surface area contributed by atoms with Gasteiger partial charge in [0.15, 0.2) is 10.2 Å². The predicted octanol–water partition coefficient (Wildman–Crippen LogP) is 2.94. The van der Waals surface area contributed by atoms with Crippen LogP contribution in [0, 0.1) is 0 Å². The summed E-state index contributed by atoms with van der Waals surface area (Å²) in [5.74, 6) is 0.835. The van der Waals surface area contributed by atoms with E-state index in [-0.39, 0.29) is 21.8 Å². The van der Waals surface area contributed by atoms with Crippen LogP contribution in [0.3, 0.4) is 0 Å². The number of anilines is 1. The van der Waals surface area contributed by atoms with E-state index in [2.05, 4.69) is 57.0 Å². The summed E-state index contributed by atoms with van der Waals surface area (Å²) in [6.07, 6.45) is 0. The summed E-state index contributed by atoms with van der Waals surface area (Å²) in [4.78, 5) is 6.71. The summed E-state index contributed by atoms with van der Waals surface area (Å²) in [6.45, 7) is 0. The Kier molecular flexibility index (Phi) is 5.62. The van der Waals surface area contributed by atoms with Gasteiger partial charge in [0.1, 0.15) is 11.2 Å². The van der Waals surface area contributed by atoms with Crippen LogP contribution in [-0.2, 0) is 0 Å². The molecule has 3 atom stereocenters. The lowest BCUT2D eigenvalue weighted by Crippen LogP contribution is -2.52. The number of rotatable bonds is 4. The Morgan fingerprint density at radius 1 is 1.14 bits per heavy atom. The van der Waals surface area contributed by atoms with Crippen LogP contribution in [0.1, 0.15) is 22.5 Å². The first kappa shape index (κ1) is 19.9. The first-order valence-corrected chi connectivity index (χ1v) is 10.9. The summed E-state index contributed by atoms with van der Waals surface area (Å²) in [5, 5.41) is 6.01. The fourth-order valence-corrected chi connectivity index (χ4v) is 5.39. The zero-order valence-corrected chi connectivity index (χ0v) is 18.5. The van der Waals surface area contributed by atoms with E-state index >= 15 is 0 Å². The lowest BCUT2D eigenvalue weighted by atomic mass is 10.0. The van der Waals surface area contributed by atoms with Crippen LogP contribution in [0.5, 0.6) is 0 Å². The molecule has 9 heteroatoms. The second-order valence-electron chi connectivity index (χ2n) is 7.05. The Morgan fingerprint density at radius 2 is 1.83 bits per heavy atom. The quantitative estimate of drug-likeness (QED) is 0.625. The maximum atomic E-state index is 5.84. The molecule has 3 unspecified atom stereocenters. The van der Waals surface area contributed by atoms with Crippen LogP contribution < -0.4 is 21.4 Å². The number of fused-ring (bicyclic) bond motifs is 1. The summed E-state index contributed by atoms with van der Waals surface area (Å²) in [7, 11) is 4.06. The van der Waals surface area contributed by atoms with E-state index in [9.17, 15) is 0 Å². The molecule has 2 aliphatic heterocycles. The Morgan fingerprint density at radius 3 is 2.45 bits per heavy atom. The normalized spacial score (nSPS) is 23.1. The van der Waals surface area contributed by atoms with Gasteiger partial charge in [-0.15, -0.1) is 11.8 Å². The van der Waals surface area contributed by atoms with E-state index in [1.165, 1.54) is 5.56 Å². The van der Waals surface area contributed by atoms with Gasteiger partial charge in [0.05, 0.1) is 11.3 Å². The highest BCUT2D eigenvalue weighted by atomic mass is 32.2. The number of nitrogens with one attached hydrogen (secondary N) is 2. The van der Waals surface area contributed by atoms with Crippen molar-refractivity contribution in [3.8, 4) is 0 Å². The van der Waals surface area contributed by atoms with Crippen molar-refractivity contribution in [3.63, 3.8) is 0 Å². The molecule has 0 amide bonds. The van der Waals surface area contributed by atoms with Crippen LogP contribution >= 0.6 is 36.2 Å². The molecule has 0 radical (unpaired) electrons.